The largest absolute Gasteiger partial charge is 0.435 e. The predicted molar refractivity (Wildman–Crippen MR) is 116 cm³/mol. The molecule has 0 saturated carbocycles. The zero-order chi connectivity index (χ0) is 24.0. The Morgan fingerprint density at radius 1 is 1.26 bits per heavy atom. The van der Waals surface area contributed by atoms with E-state index in [-0.39, 0.29) is 23.2 Å². The highest BCUT2D eigenvalue weighted by Gasteiger charge is 2.37. The van der Waals surface area contributed by atoms with E-state index in [2.05, 4.69) is 15.4 Å². The van der Waals surface area contributed by atoms with Crippen LogP contribution < -0.4 is 5.32 Å². The highest BCUT2D eigenvalue weighted by Crippen LogP contribution is 2.36. The molecule has 0 aliphatic carbocycles. The zero-order valence-electron chi connectivity index (χ0n) is 18.8. The summed E-state index contributed by atoms with van der Waals surface area (Å²) in [4.78, 5) is 18.0. The van der Waals surface area contributed by atoms with E-state index in [1.807, 2.05) is 4.68 Å². The molecule has 180 valence electrons. The summed E-state index contributed by atoms with van der Waals surface area (Å²) in [6.07, 6.45) is -0.243. The number of hydrogen-bond donors (Lipinski definition) is 1. The van der Waals surface area contributed by atoms with Gasteiger partial charge in [-0.2, -0.15) is 23.4 Å². The van der Waals surface area contributed by atoms with Crippen LogP contribution >= 0.6 is 0 Å². The first-order valence-electron chi connectivity index (χ1n) is 11.0. The lowest BCUT2D eigenvalue weighted by Gasteiger charge is -2.27. The molecule has 1 unspecified atom stereocenters. The number of aromatic nitrogens is 5. The lowest BCUT2D eigenvalue weighted by Crippen LogP contribution is -2.35. The maximum absolute atomic E-state index is 13.3. The molecule has 34 heavy (non-hydrogen) atoms. The number of rotatable bonds is 4. The molecule has 12 heteroatoms. The Balaban J connectivity index is 1.44. The van der Waals surface area contributed by atoms with Gasteiger partial charge in [0.15, 0.2) is 11.5 Å². The highest BCUT2D eigenvalue weighted by atomic mass is 19.4. The number of pyridine rings is 1. The molecule has 3 aromatic rings. The minimum absolute atomic E-state index is 0.00323. The molecule has 0 bridgehead atoms. The first-order valence-corrected chi connectivity index (χ1v) is 11.0. The van der Waals surface area contributed by atoms with Crippen LogP contribution in [-0.2, 0) is 35.7 Å². The number of aryl methyl sites for hydroxylation is 1. The number of halogens is 3. The van der Waals surface area contributed by atoms with E-state index >= 15 is 0 Å². The minimum atomic E-state index is -4.58. The van der Waals surface area contributed by atoms with Crippen LogP contribution in [0, 0.1) is 0 Å². The molecule has 9 nitrogen and oxygen atoms in total. The van der Waals surface area contributed by atoms with Gasteiger partial charge in [-0.25, -0.2) is 0 Å². The van der Waals surface area contributed by atoms with Crippen LogP contribution in [0.4, 0.5) is 24.7 Å². The molecule has 1 atom stereocenters. The van der Waals surface area contributed by atoms with Crippen LogP contribution in [0.15, 0.2) is 24.5 Å². The van der Waals surface area contributed by atoms with Gasteiger partial charge < -0.3 is 15.0 Å². The summed E-state index contributed by atoms with van der Waals surface area (Å²) in [5, 5.41) is 11.6. The third-order valence-corrected chi connectivity index (χ3v) is 6.18. The first kappa shape index (κ1) is 22.4. The van der Waals surface area contributed by atoms with E-state index in [9.17, 15) is 18.0 Å². The summed E-state index contributed by atoms with van der Waals surface area (Å²) in [5.41, 5.74) is 1.70. The number of amides is 1. The maximum Gasteiger partial charge on any atom is 0.435 e. The topological polar surface area (TPSA) is 90.1 Å². The molecule has 1 amide bonds. The van der Waals surface area contributed by atoms with E-state index in [4.69, 9.17) is 9.84 Å². The molecular weight excluding hydrogens is 451 g/mol. The lowest BCUT2D eigenvalue weighted by atomic mass is 10.1. The summed E-state index contributed by atoms with van der Waals surface area (Å²) in [5.74, 6) is 0.608. The number of alkyl halides is 3. The minimum Gasteiger partial charge on any atom is -0.379 e. The molecule has 1 saturated heterocycles. The number of nitrogens with zero attached hydrogens (tertiary/aromatic N) is 6. The SMILES string of the molecule is CC(=O)N1CCc2c(c(Nc3ccc(-c4cn(C)nc4C(F)(F)F)nc3)nn2C2CCOC2)C1. The summed E-state index contributed by atoms with van der Waals surface area (Å²) in [6.45, 7) is 3.89. The third-order valence-electron chi connectivity index (χ3n) is 6.18. The van der Waals surface area contributed by atoms with Crippen molar-refractivity contribution in [3.8, 4) is 11.3 Å². The second-order valence-electron chi connectivity index (χ2n) is 8.55. The van der Waals surface area contributed by atoms with Crippen LogP contribution in [0.3, 0.4) is 0 Å². The Morgan fingerprint density at radius 3 is 2.74 bits per heavy atom. The second-order valence-corrected chi connectivity index (χ2v) is 8.55. The average molecular weight is 475 g/mol. The molecule has 3 aromatic heterocycles. The van der Waals surface area contributed by atoms with E-state index in [0.717, 1.165) is 22.4 Å². The van der Waals surface area contributed by atoms with Crippen molar-refractivity contribution in [2.45, 2.75) is 38.5 Å². The van der Waals surface area contributed by atoms with Crippen LogP contribution in [0.5, 0.6) is 0 Å². The fourth-order valence-electron chi connectivity index (χ4n) is 4.48. The zero-order valence-corrected chi connectivity index (χ0v) is 18.8. The van der Waals surface area contributed by atoms with Crippen LogP contribution in [0.25, 0.3) is 11.3 Å². The lowest BCUT2D eigenvalue weighted by molar-refractivity contribution is -0.141. The number of carbonyl (C=O) groups excluding carboxylic acids is 1. The van der Waals surface area contributed by atoms with Crippen molar-refractivity contribution in [2.24, 2.45) is 7.05 Å². The molecule has 0 aromatic carbocycles. The number of hydrogen-bond acceptors (Lipinski definition) is 6. The normalized spacial score (nSPS) is 18.3. The Kier molecular flexibility index (Phi) is 5.54. The van der Waals surface area contributed by atoms with E-state index in [0.29, 0.717) is 44.2 Å². The summed E-state index contributed by atoms with van der Waals surface area (Å²) < 4.78 is 48.6. The summed E-state index contributed by atoms with van der Waals surface area (Å²) in [7, 11) is 1.44. The molecule has 1 N–H and O–H groups in total. The van der Waals surface area contributed by atoms with Gasteiger partial charge in [0.2, 0.25) is 5.91 Å². The van der Waals surface area contributed by atoms with Crippen molar-refractivity contribution in [2.75, 3.05) is 25.1 Å². The Labute approximate surface area is 193 Å². The monoisotopic (exact) mass is 475 g/mol. The van der Waals surface area contributed by atoms with Crippen molar-refractivity contribution >= 4 is 17.4 Å². The fraction of sp³-hybridized carbons (Fsp3) is 0.455. The summed E-state index contributed by atoms with van der Waals surface area (Å²) in [6, 6.07) is 3.32. The van der Waals surface area contributed by atoms with Crippen LogP contribution in [0.1, 0.15) is 36.3 Å². The van der Waals surface area contributed by atoms with Crippen LogP contribution in [0.2, 0.25) is 0 Å². The molecule has 2 aliphatic rings. The average Bonchev–Trinajstić information content (AvgIpc) is 3.53. The van der Waals surface area contributed by atoms with Crippen molar-refractivity contribution in [1.82, 2.24) is 29.4 Å². The van der Waals surface area contributed by atoms with Gasteiger partial charge in [-0.1, -0.05) is 0 Å². The van der Waals surface area contributed by atoms with Crippen molar-refractivity contribution in [1.29, 1.82) is 0 Å². The van der Waals surface area contributed by atoms with Gasteiger partial charge in [0.05, 0.1) is 42.3 Å². The molecule has 5 heterocycles. The molecule has 0 radical (unpaired) electrons. The first-order chi connectivity index (χ1) is 16.2. The second kappa shape index (κ2) is 8.42. The predicted octanol–water partition coefficient (Wildman–Crippen LogP) is 3.31. The van der Waals surface area contributed by atoms with Gasteiger partial charge in [0, 0.05) is 51.0 Å². The number of ether oxygens (including phenoxy) is 1. The van der Waals surface area contributed by atoms with Crippen molar-refractivity contribution in [3.05, 3.63) is 41.5 Å². The van der Waals surface area contributed by atoms with Crippen molar-refractivity contribution < 1.29 is 22.7 Å². The molecule has 5 rings (SSSR count). The summed E-state index contributed by atoms with van der Waals surface area (Å²) >= 11 is 0. The third kappa shape index (κ3) is 4.13. The highest BCUT2D eigenvalue weighted by molar-refractivity contribution is 5.74. The Morgan fingerprint density at radius 2 is 2.09 bits per heavy atom. The number of anilines is 2. The Bertz CT molecular complexity index is 1210. The molecular formula is C22H24F3N7O2. The van der Waals surface area contributed by atoms with Crippen molar-refractivity contribution in [3.63, 3.8) is 0 Å². The fourth-order valence-corrected chi connectivity index (χ4v) is 4.48. The smallest absolute Gasteiger partial charge is 0.379 e. The quantitative estimate of drug-likeness (QED) is 0.623. The standard InChI is InChI=1S/C22H24F3N7O2/c1-13(33)31-7-5-19-17(11-31)21(29-32(19)15-6-8-34-12-15)27-14-3-4-18(26-9-14)16-10-30(2)28-20(16)22(23,24)25/h3-4,9-10,15H,5-8,11-12H2,1-2H3,(H,27,29). The van der Waals surface area contributed by atoms with Gasteiger partial charge in [0.25, 0.3) is 0 Å². The molecule has 0 spiro atoms. The molecule has 2 aliphatic heterocycles. The Hall–Kier alpha value is -3.41. The van der Waals surface area contributed by atoms with Gasteiger partial charge in [-0.3, -0.25) is 19.1 Å². The van der Waals surface area contributed by atoms with Gasteiger partial charge in [-0.15, -0.1) is 0 Å². The molecule has 1 fully saturated rings. The maximum atomic E-state index is 13.3. The number of nitrogens with one attached hydrogen (secondary N) is 1. The number of fused-ring (bicyclic) bond motifs is 1. The van der Waals surface area contributed by atoms with E-state index in [1.165, 1.54) is 25.5 Å². The van der Waals surface area contributed by atoms with Gasteiger partial charge >= 0.3 is 6.18 Å². The van der Waals surface area contributed by atoms with Gasteiger partial charge in [0.1, 0.15) is 0 Å². The van der Waals surface area contributed by atoms with E-state index in [1.54, 1.807) is 17.9 Å². The van der Waals surface area contributed by atoms with E-state index < -0.39 is 11.9 Å². The number of carbonyl (C=O) groups is 1. The van der Waals surface area contributed by atoms with Gasteiger partial charge in [-0.05, 0) is 18.6 Å². The van der Waals surface area contributed by atoms with Crippen LogP contribution in [-0.4, -0.2) is 55.1 Å².